The van der Waals surface area contributed by atoms with Gasteiger partial charge in [0.2, 0.25) is 23.0 Å². The van der Waals surface area contributed by atoms with Crippen molar-refractivity contribution in [3.8, 4) is 28.4 Å². The molecule has 4 aromatic rings. The summed E-state index contributed by atoms with van der Waals surface area (Å²) in [4.78, 5) is 38.5. The molecule has 0 unspecified atom stereocenters. The van der Waals surface area contributed by atoms with Gasteiger partial charge in [0, 0.05) is 18.7 Å². The molecule has 43 heavy (non-hydrogen) atoms. The van der Waals surface area contributed by atoms with Gasteiger partial charge in [-0.05, 0) is 66.8 Å². The zero-order valence-corrected chi connectivity index (χ0v) is 24.7. The first-order chi connectivity index (χ1) is 20.7. The minimum atomic E-state index is -0.434. The quantitative estimate of drug-likeness (QED) is 0.269. The van der Waals surface area contributed by atoms with Gasteiger partial charge in [-0.1, -0.05) is 12.1 Å². The van der Waals surface area contributed by atoms with Gasteiger partial charge in [0.15, 0.2) is 23.0 Å². The fourth-order valence-electron chi connectivity index (χ4n) is 5.54. The van der Waals surface area contributed by atoms with E-state index in [1.165, 1.54) is 20.1 Å². The summed E-state index contributed by atoms with van der Waals surface area (Å²) in [6.07, 6.45) is 2.96. The van der Waals surface area contributed by atoms with E-state index in [2.05, 4.69) is 26.1 Å². The van der Waals surface area contributed by atoms with E-state index in [1.807, 2.05) is 37.4 Å². The molecule has 2 aromatic heterocycles. The molecule has 12 heteroatoms. The van der Waals surface area contributed by atoms with Crippen LogP contribution in [-0.2, 0) is 16.0 Å². The number of pyridine rings is 1. The minimum absolute atomic E-state index is 0.148. The van der Waals surface area contributed by atoms with Gasteiger partial charge in [0.25, 0.3) is 0 Å². The van der Waals surface area contributed by atoms with Gasteiger partial charge < -0.3 is 30.2 Å². The fourth-order valence-corrected chi connectivity index (χ4v) is 5.54. The molecular formula is C31H34N6O6. The lowest BCUT2D eigenvalue weighted by Gasteiger charge is -2.19. The third-order valence-electron chi connectivity index (χ3n) is 7.46. The molecule has 12 nitrogen and oxygen atoms in total. The summed E-state index contributed by atoms with van der Waals surface area (Å²) in [5.41, 5.74) is 3.58. The number of nitrogens with zero attached hydrogens (tertiary/aromatic N) is 3. The number of hydrogen-bond donors (Lipinski definition) is 3. The van der Waals surface area contributed by atoms with Gasteiger partial charge in [0.1, 0.15) is 0 Å². The van der Waals surface area contributed by atoms with E-state index in [9.17, 15) is 14.4 Å². The van der Waals surface area contributed by atoms with Gasteiger partial charge in [-0.15, -0.1) is 10.2 Å². The molecule has 3 N–H and O–H groups in total. The molecule has 2 aromatic carbocycles. The molecule has 0 spiro atoms. The van der Waals surface area contributed by atoms with Crippen molar-refractivity contribution < 1.29 is 23.8 Å². The highest BCUT2D eigenvalue weighted by Crippen LogP contribution is 2.50. The standard InChI is InChI=1S/C31H34N6O6/c1-17(31-36-35-26-8-6-7-13-37(26)31)33-27(40)16-32-23-12-10-20-21(15-24(23)39)22(34-18(2)38)11-9-19-14-25(41-3)29(42-4)30(43-5)28(19)20/h6-8,10,12-15,17,22H,9,11,16H2,1-5H3,(H,32,39)(H,33,40)(H,34,38)/t17-,22-/m1/s1. The summed E-state index contributed by atoms with van der Waals surface area (Å²) in [5, 5.41) is 17.2. The average molecular weight is 587 g/mol. The van der Waals surface area contributed by atoms with Gasteiger partial charge in [-0.3, -0.25) is 18.8 Å². The number of fused-ring (bicyclic) bond motifs is 4. The number of aryl methyl sites for hydroxylation is 1. The Balaban J connectivity index is 1.48. The molecule has 2 heterocycles. The highest BCUT2D eigenvalue weighted by molar-refractivity contribution is 5.84. The Kier molecular flexibility index (Phi) is 8.46. The number of methoxy groups -OCH3 is 3. The number of carbonyl (C=O) groups excluding carboxylic acids is 2. The van der Waals surface area contributed by atoms with Gasteiger partial charge >= 0.3 is 0 Å². The van der Waals surface area contributed by atoms with Crippen molar-refractivity contribution in [3.63, 3.8) is 0 Å². The molecule has 0 fully saturated rings. The second-order valence-electron chi connectivity index (χ2n) is 10.2. The van der Waals surface area contributed by atoms with Crippen LogP contribution < -0.4 is 35.6 Å². The molecule has 0 saturated heterocycles. The Hall–Kier alpha value is -5.13. The SMILES string of the molecule is COc1cc2c(c(OC)c1OC)-c1ccc(NCC(=O)N[C@H](C)c3nnc4ccccn34)c(=O)cc1[C@H](NC(C)=O)CC2. The second-order valence-corrected chi connectivity index (χ2v) is 10.2. The summed E-state index contributed by atoms with van der Waals surface area (Å²) in [5.74, 6) is 1.45. The summed E-state index contributed by atoms with van der Waals surface area (Å²) in [7, 11) is 4.64. The highest BCUT2D eigenvalue weighted by atomic mass is 16.5. The summed E-state index contributed by atoms with van der Waals surface area (Å²) in [6.45, 7) is 3.11. The number of hydrogen-bond acceptors (Lipinski definition) is 9. The van der Waals surface area contributed by atoms with Crippen LogP contribution in [-0.4, -0.2) is 54.3 Å². The van der Waals surface area contributed by atoms with Crippen LogP contribution in [0.15, 0.2) is 53.5 Å². The third-order valence-corrected chi connectivity index (χ3v) is 7.46. The van der Waals surface area contributed by atoms with Crippen molar-refractivity contribution in [2.75, 3.05) is 33.2 Å². The van der Waals surface area contributed by atoms with E-state index in [0.717, 1.165) is 11.1 Å². The lowest BCUT2D eigenvalue weighted by atomic mass is 9.95. The van der Waals surface area contributed by atoms with E-state index < -0.39 is 12.1 Å². The number of ether oxygens (including phenoxy) is 3. The van der Waals surface area contributed by atoms with E-state index in [1.54, 1.807) is 30.8 Å². The van der Waals surface area contributed by atoms with Crippen LogP contribution >= 0.6 is 0 Å². The fraction of sp³-hybridized carbons (Fsp3) is 0.323. The van der Waals surface area contributed by atoms with Crippen molar-refractivity contribution in [1.82, 2.24) is 25.2 Å². The van der Waals surface area contributed by atoms with Crippen LogP contribution in [0.5, 0.6) is 17.2 Å². The lowest BCUT2D eigenvalue weighted by Crippen LogP contribution is -2.33. The topological polar surface area (TPSA) is 145 Å². The Bertz CT molecular complexity index is 1750. The molecule has 0 aliphatic heterocycles. The molecular weight excluding hydrogens is 552 g/mol. The van der Waals surface area contributed by atoms with E-state index in [-0.39, 0.29) is 29.5 Å². The maximum absolute atomic E-state index is 13.5. The minimum Gasteiger partial charge on any atom is -0.493 e. The average Bonchev–Trinajstić information content (AvgIpc) is 3.29. The lowest BCUT2D eigenvalue weighted by molar-refractivity contribution is -0.120. The van der Waals surface area contributed by atoms with Crippen LogP contribution in [0.25, 0.3) is 16.8 Å². The number of rotatable bonds is 9. The maximum atomic E-state index is 13.5. The van der Waals surface area contributed by atoms with Crippen molar-refractivity contribution in [1.29, 1.82) is 0 Å². The first kappa shape index (κ1) is 29.4. The first-order valence-electron chi connectivity index (χ1n) is 13.9. The monoisotopic (exact) mass is 586 g/mol. The Labute approximate surface area is 248 Å². The van der Waals surface area contributed by atoms with Crippen LogP contribution in [0.1, 0.15) is 49.3 Å². The first-order valence-corrected chi connectivity index (χ1v) is 13.9. The smallest absolute Gasteiger partial charge is 0.239 e. The molecule has 5 rings (SSSR count). The summed E-state index contributed by atoms with van der Waals surface area (Å²) >= 11 is 0. The number of benzene rings is 1. The summed E-state index contributed by atoms with van der Waals surface area (Å²) in [6, 6.07) is 11.5. The molecule has 224 valence electrons. The Morgan fingerprint density at radius 1 is 1.05 bits per heavy atom. The van der Waals surface area contributed by atoms with Crippen molar-refractivity contribution >= 4 is 23.1 Å². The van der Waals surface area contributed by atoms with Crippen LogP contribution in [0, 0.1) is 0 Å². The van der Waals surface area contributed by atoms with E-state index >= 15 is 0 Å². The van der Waals surface area contributed by atoms with Crippen LogP contribution in [0.2, 0.25) is 0 Å². The Morgan fingerprint density at radius 3 is 2.56 bits per heavy atom. The van der Waals surface area contributed by atoms with Crippen molar-refractivity contribution in [2.24, 2.45) is 0 Å². The molecule has 1 aliphatic rings. The molecule has 0 radical (unpaired) electrons. The number of amides is 2. The maximum Gasteiger partial charge on any atom is 0.239 e. The van der Waals surface area contributed by atoms with Crippen molar-refractivity contribution in [2.45, 2.75) is 38.8 Å². The third kappa shape index (κ3) is 5.81. The van der Waals surface area contributed by atoms with E-state index in [0.29, 0.717) is 52.7 Å². The number of nitrogens with one attached hydrogen (secondary N) is 3. The van der Waals surface area contributed by atoms with E-state index in [4.69, 9.17) is 14.2 Å². The molecule has 0 bridgehead atoms. The van der Waals surface area contributed by atoms with Crippen LogP contribution in [0.4, 0.5) is 5.69 Å². The van der Waals surface area contributed by atoms with Crippen LogP contribution in [0.3, 0.4) is 0 Å². The molecule has 1 aliphatic carbocycles. The largest absolute Gasteiger partial charge is 0.493 e. The normalized spacial score (nSPS) is 14.5. The molecule has 2 amide bonds. The number of anilines is 1. The number of aromatic nitrogens is 3. The zero-order chi connectivity index (χ0) is 30.7. The van der Waals surface area contributed by atoms with Gasteiger partial charge in [-0.25, -0.2) is 0 Å². The highest BCUT2D eigenvalue weighted by Gasteiger charge is 2.29. The van der Waals surface area contributed by atoms with Gasteiger partial charge in [-0.2, -0.15) is 0 Å². The molecule has 0 saturated carbocycles. The Morgan fingerprint density at radius 2 is 1.84 bits per heavy atom. The number of carbonyl (C=O) groups is 2. The summed E-state index contributed by atoms with van der Waals surface area (Å²) < 4.78 is 18.8. The second kappa shape index (κ2) is 12.4. The van der Waals surface area contributed by atoms with Crippen molar-refractivity contribution in [3.05, 3.63) is 75.8 Å². The van der Waals surface area contributed by atoms with Gasteiger partial charge in [0.05, 0.1) is 45.6 Å². The predicted octanol–water partition coefficient (Wildman–Crippen LogP) is 3.20. The zero-order valence-electron chi connectivity index (χ0n) is 24.7. The molecule has 2 atom stereocenters. The predicted molar refractivity (Wildman–Crippen MR) is 161 cm³/mol.